The van der Waals surface area contributed by atoms with Crippen LogP contribution in [-0.4, -0.2) is 0 Å². The Bertz CT molecular complexity index is 2610. The zero-order chi connectivity index (χ0) is 42.8. The van der Waals surface area contributed by atoms with Gasteiger partial charge in [0.2, 0.25) is 0 Å². The Morgan fingerprint density at radius 1 is 0.550 bits per heavy atom. The summed E-state index contributed by atoms with van der Waals surface area (Å²) in [4.78, 5) is 0. The fraction of sp³-hybridized carbons (Fsp3) is 0.300. The van der Waals surface area contributed by atoms with Gasteiger partial charge >= 0.3 is 0 Å². The van der Waals surface area contributed by atoms with Gasteiger partial charge in [0.1, 0.15) is 0 Å². The standard InChI is InChI=1S/C32H30.C23H24.C5H12/c1-6-10-26-25(13-9-14-27(26)24-12-8-7-11-22(24)3)23-16-18-29-28-17-15-21(2)19-30(28)32(4,5)31(29)20-23;1-15-5-8-17(9-6-15)18-10-12-20-19-11-7-16(2)13-21(19)23(3,4)22(20)14-18;1-3-5-4-2/h6-20H,1-5H3;5,7-15H,6H2,1-4H3;3-5H2,1-2H3/b10-6+;;. The fourth-order valence-electron chi connectivity index (χ4n) is 9.62. The van der Waals surface area contributed by atoms with E-state index in [-0.39, 0.29) is 10.8 Å². The summed E-state index contributed by atoms with van der Waals surface area (Å²) in [6, 6.07) is 43.2. The SMILES string of the molecule is C/C=C/c1c(-c2ccc3c(c2)C(C)(C)c2cc(C)ccc2-3)cccc1-c1ccccc1C.CCCCC.Cc1ccc2c(c1)C(C)(C)c1cc(C3=CCC(C)C=C3)ccc1-2. The van der Waals surface area contributed by atoms with Gasteiger partial charge in [0, 0.05) is 10.8 Å². The second kappa shape index (κ2) is 17.6. The minimum atomic E-state index is 0.00108. The molecule has 3 aliphatic rings. The van der Waals surface area contributed by atoms with E-state index in [0.29, 0.717) is 5.92 Å². The van der Waals surface area contributed by atoms with Gasteiger partial charge < -0.3 is 0 Å². The maximum absolute atomic E-state index is 2.43. The fourth-order valence-corrected chi connectivity index (χ4v) is 9.62. The molecule has 0 heterocycles. The second-order valence-electron chi connectivity index (χ2n) is 18.5. The third-order valence-electron chi connectivity index (χ3n) is 13.2. The molecule has 9 rings (SSSR count). The Hall–Kier alpha value is -5.46. The zero-order valence-corrected chi connectivity index (χ0v) is 38.3. The predicted octanol–water partition coefficient (Wildman–Crippen LogP) is 17.5. The molecule has 0 nitrogen and oxygen atoms in total. The third kappa shape index (κ3) is 8.19. The van der Waals surface area contributed by atoms with Crippen LogP contribution in [0.25, 0.3) is 56.2 Å². The second-order valence-corrected chi connectivity index (χ2v) is 18.5. The Balaban J connectivity index is 0.000000170. The molecule has 6 aromatic carbocycles. The molecule has 0 N–H and O–H groups in total. The number of hydrogen-bond acceptors (Lipinski definition) is 0. The van der Waals surface area contributed by atoms with Crippen LogP contribution < -0.4 is 0 Å². The first-order valence-electron chi connectivity index (χ1n) is 22.5. The Labute approximate surface area is 362 Å². The average Bonchev–Trinajstić information content (AvgIpc) is 3.60. The lowest BCUT2D eigenvalue weighted by molar-refractivity contribution is 0.659. The van der Waals surface area contributed by atoms with Crippen LogP contribution in [0.5, 0.6) is 0 Å². The Morgan fingerprint density at radius 2 is 1.05 bits per heavy atom. The van der Waals surface area contributed by atoms with Gasteiger partial charge in [0.15, 0.2) is 0 Å². The van der Waals surface area contributed by atoms with Crippen molar-refractivity contribution in [3.8, 4) is 44.5 Å². The van der Waals surface area contributed by atoms with Gasteiger partial charge in [-0.1, -0.05) is 212 Å². The molecule has 0 heteroatoms. The molecule has 0 bridgehead atoms. The molecule has 1 atom stereocenters. The van der Waals surface area contributed by atoms with Gasteiger partial charge in [-0.05, 0) is 141 Å². The van der Waals surface area contributed by atoms with Crippen molar-refractivity contribution < 1.29 is 0 Å². The van der Waals surface area contributed by atoms with Crippen LogP contribution in [-0.2, 0) is 10.8 Å². The van der Waals surface area contributed by atoms with E-state index in [9.17, 15) is 0 Å². The quantitative estimate of drug-likeness (QED) is 0.158. The van der Waals surface area contributed by atoms with E-state index in [4.69, 9.17) is 0 Å². The molecule has 0 fully saturated rings. The molecular formula is C60H66. The van der Waals surface area contributed by atoms with E-state index in [2.05, 4.69) is 222 Å². The van der Waals surface area contributed by atoms with Gasteiger partial charge in [0.25, 0.3) is 0 Å². The first-order valence-corrected chi connectivity index (χ1v) is 22.5. The number of fused-ring (bicyclic) bond motifs is 6. The number of allylic oxidation sites excluding steroid dienone is 5. The van der Waals surface area contributed by atoms with Crippen LogP contribution in [0.1, 0.15) is 131 Å². The van der Waals surface area contributed by atoms with E-state index in [1.165, 1.54) is 119 Å². The van der Waals surface area contributed by atoms with Crippen molar-refractivity contribution >= 4 is 11.6 Å². The minimum Gasteiger partial charge on any atom is -0.0870 e. The lowest BCUT2D eigenvalue weighted by Gasteiger charge is -2.23. The molecule has 3 aliphatic carbocycles. The highest BCUT2D eigenvalue weighted by molar-refractivity contribution is 5.90. The van der Waals surface area contributed by atoms with Crippen LogP contribution in [0.4, 0.5) is 0 Å². The van der Waals surface area contributed by atoms with Crippen molar-refractivity contribution in [1.82, 2.24) is 0 Å². The molecule has 0 radical (unpaired) electrons. The molecule has 0 aliphatic heterocycles. The summed E-state index contributed by atoms with van der Waals surface area (Å²) in [5.74, 6) is 0.664. The van der Waals surface area contributed by atoms with Gasteiger partial charge in [0.05, 0.1) is 0 Å². The largest absolute Gasteiger partial charge is 0.0870 e. The topological polar surface area (TPSA) is 0 Å². The summed E-state index contributed by atoms with van der Waals surface area (Å²) in [5, 5.41) is 0. The monoisotopic (exact) mass is 787 g/mol. The summed E-state index contributed by atoms with van der Waals surface area (Å²) in [6.07, 6.45) is 16.6. The minimum absolute atomic E-state index is 0.00108. The van der Waals surface area contributed by atoms with Gasteiger partial charge in [-0.3, -0.25) is 0 Å². The first-order chi connectivity index (χ1) is 28.8. The summed E-state index contributed by atoms with van der Waals surface area (Å²) >= 11 is 0. The molecule has 306 valence electrons. The smallest absolute Gasteiger partial charge is 0.0159 e. The number of unbranched alkanes of at least 4 members (excludes halogenated alkanes) is 2. The molecule has 6 aromatic rings. The maximum Gasteiger partial charge on any atom is 0.0159 e. The Kier molecular flexibility index (Phi) is 12.5. The van der Waals surface area contributed by atoms with E-state index >= 15 is 0 Å². The molecule has 0 spiro atoms. The van der Waals surface area contributed by atoms with E-state index < -0.39 is 0 Å². The van der Waals surface area contributed by atoms with Gasteiger partial charge in [-0.25, -0.2) is 0 Å². The van der Waals surface area contributed by atoms with Crippen LogP contribution in [0, 0.1) is 26.7 Å². The lowest BCUT2D eigenvalue weighted by Crippen LogP contribution is -2.15. The van der Waals surface area contributed by atoms with Gasteiger partial charge in [-0.2, -0.15) is 0 Å². The molecule has 0 saturated carbocycles. The third-order valence-corrected chi connectivity index (χ3v) is 13.2. The van der Waals surface area contributed by atoms with E-state index in [0.717, 1.165) is 6.42 Å². The normalized spacial score (nSPS) is 16.1. The molecular weight excluding hydrogens is 721 g/mol. The van der Waals surface area contributed by atoms with Crippen molar-refractivity contribution in [2.24, 2.45) is 5.92 Å². The zero-order valence-electron chi connectivity index (χ0n) is 38.3. The van der Waals surface area contributed by atoms with Crippen molar-refractivity contribution in [3.05, 3.63) is 190 Å². The number of hydrogen-bond donors (Lipinski definition) is 0. The van der Waals surface area contributed by atoms with Crippen LogP contribution in [0.3, 0.4) is 0 Å². The summed E-state index contributed by atoms with van der Waals surface area (Å²) in [7, 11) is 0. The number of benzene rings is 6. The maximum atomic E-state index is 2.43. The van der Waals surface area contributed by atoms with Crippen molar-refractivity contribution in [2.45, 2.75) is 113 Å². The molecule has 60 heavy (non-hydrogen) atoms. The molecule has 0 aromatic heterocycles. The predicted molar refractivity (Wildman–Crippen MR) is 264 cm³/mol. The number of aryl methyl sites for hydroxylation is 3. The highest BCUT2D eigenvalue weighted by atomic mass is 14.4. The van der Waals surface area contributed by atoms with Crippen molar-refractivity contribution in [1.29, 1.82) is 0 Å². The molecule has 0 amide bonds. The average molecular weight is 787 g/mol. The summed E-state index contributed by atoms with van der Waals surface area (Å²) < 4.78 is 0. The van der Waals surface area contributed by atoms with Gasteiger partial charge in [-0.15, -0.1) is 0 Å². The van der Waals surface area contributed by atoms with E-state index in [1.807, 2.05) is 0 Å². The van der Waals surface area contributed by atoms with Crippen molar-refractivity contribution in [3.63, 3.8) is 0 Å². The summed E-state index contributed by atoms with van der Waals surface area (Å²) in [5.41, 5.74) is 24.6. The lowest BCUT2D eigenvalue weighted by atomic mass is 9.80. The number of rotatable bonds is 6. The molecule has 0 saturated heterocycles. The van der Waals surface area contributed by atoms with E-state index in [1.54, 1.807) is 0 Å². The van der Waals surface area contributed by atoms with Crippen molar-refractivity contribution in [2.75, 3.05) is 0 Å². The first kappa shape index (κ1) is 42.7. The van der Waals surface area contributed by atoms with Crippen LogP contribution >= 0.6 is 0 Å². The highest BCUT2D eigenvalue weighted by Crippen LogP contribution is 2.51. The van der Waals surface area contributed by atoms with Crippen LogP contribution in [0.2, 0.25) is 0 Å². The highest BCUT2D eigenvalue weighted by Gasteiger charge is 2.37. The summed E-state index contributed by atoms with van der Waals surface area (Å²) in [6.45, 7) is 24.8. The molecule has 1 unspecified atom stereocenters. The Morgan fingerprint density at radius 3 is 1.57 bits per heavy atom. The van der Waals surface area contributed by atoms with Crippen LogP contribution in [0.15, 0.2) is 140 Å².